The molecule has 0 radical (unpaired) electrons. The second kappa shape index (κ2) is 3.43. The molecule has 1 aromatic rings. The van der Waals surface area contributed by atoms with Crippen LogP contribution in [-0.2, 0) is 11.3 Å². The molecule has 4 nitrogen and oxygen atoms in total. The highest BCUT2D eigenvalue weighted by molar-refractivity contribution is 5.92. The van der Waals surface area contributed by atoms with E-state index in [4.69, 9.17) is 4.42 Å². The molecule has 1 N–H and O–H groups in total. The fourth-order valence-corrected chi connectivity index (χ4v) is 1.26. The highest BCUT2D eigenvalue weighted by Gasteiger charge is 2.11. The SMILES string of the molecule is O=C1C=C(NCc2cocn2)CC1. The average Bonchev–Trinajstić information content (AvgIpc) is 2.71. The molecular weight excluding hydrogens is 168 g/mol. The lowest BCUT2D eigenvalue weighted by atomic mass is 10.3. The first-order valence-electron chi connectivity index (χ1n) is 4.19. The Balaban J connectivity index is 1.87. The average molecular weight is 178 g/mol. The van der Waals surface area contributed by atoms with Gasteiger partial charge in [-0.05, 0) is 6.42 Å². The Kier molecular flexibility index (Phi) is 2.12. The molecule has 1 aliphatic rings. The predicted octanol–water partition coefficient (Wildman–Crippen LogP) is 1.01. The summed E-state index contributed by atoms with van der Waals surface area (Å²) in [5, 5.41) is 3.13. The second-order valence-corrected chi connectivity index (χ2v) is 2.97. The van der Waals surface area contributed by atoms with Crippen molar-refractivity contribution in [3.63, 3.8) is 0 Å². The van der Waals surface area contributed by atoms with E-state index in [1.807, 2.05) is 0 Å². The van der Waals surface area contributed by atoms with Gasteiger partial charge in [-0.15, -0.1) is 0 Å². The molecular formula is C9H10N2O2. The van der Waals surface area contributed by atoms with E-state index in [-0.39, 0.29) is 5.78 Å². The standard InChI is InChI=1S/C9H10N2O2/c12-9-2-1-7(3-9)10-4-8-5-13-6-11-8/h3,5-6,10H,1-2,4H2. The topological polar surface area (TPSA) is 55.1 Å². The number of hydrogen-bond donors (Lipinski definition) is 1. The van der Waals surface area contributed by atoms with Crippen molar-refractivity contribution in [3.05, 3.63) is 30.1 Å². The summed E-state index contributed by atoms with van der Waals surface area (Å²) in [7, 11) is 0. The molecule has 0 atom stereocenters. The van der Waals surface area contributed by atoms with Crippen LogP contribution in [0.1, 0.15) is 18.5 Å². The van der Waals surface area contributed by atoms with Crippen LogP contribution >= 0.6 is 0 Å². The van der Waals surface area contributed by atoms with Gasteiger partial charge in [0.05, 0.1) is 12.2 Å². The lowest BCUT2D eigenvalue weighted by Crippen LogP contribution is -2.11. The first-order valence-corrected chi connectivity index (χ1v) is 4.19. The molecule has 0 unspecified atom stereocenters. The Bertz CT molecular complexity index is 327. The van der Waals surface area contributed by atoms with E-state index in [2.05, 4.69) is 10.3 Å². The zero-order valence-electron chi connectivity index (χ0n) is 7.12. The predicted molar refractivity (Wildman–Crippen MR) is 45.7 cm³/mol. The molecule has 0 bridgehead atoms. The van der Waals surface area contributed by atoms with Crippen molar-refractivity contribution in [3.8, 4) is 0 Å². The maximum atomic E-state index is 10.9. The van der Waals surface area contributed by atoms with E-state index in [0.717, 1.165) is 17.8 Å². The van der Waals surface area contributed by atoms with Crippen molar-refractivity contribution in [1.29, 1.82) is 0 Å². The number of rotatable bonds is 3. The van der Waals surface area contributed by atoms with E-state index in [9.17, 15) is 4.79 Å². The number of nitrogens with one attached hydrogen (secondary N) is 1. The molecule has 0 aromatic carbocycles. The Morgan fingerprint density at radius 2 is 2.46 bits per heavy atom. The van der Waals surface area contributed by atoms with Crippen LogP contribution in [0.25, 0.3) is 0 Å². The number of aromatic nitrogens is 1. The third-order valence-electron chi connectivity index (χ3n) is 1.96. The summed E-state index contributed by atoms with van der Waals surface area (Å²) in [6.07, 6.45) is 6.08. The maximum Gasteiger partial charge on any atom is 0.180 e. The molecule has 1 aromatic heterocycles. The molecule has 0 amide bonds. The first-order chi connectivity index (χ1) is 6.34. The summed E-state index contributed by atoms with van der Waals surface area (Å²) >= 11 is 0. The van der Waals surface area contributed by atoms with Crippen molar-refractivity contribution in [2.45, 2.75) is 19.4 Å². The van der Waals surface area contributed by atoms with Crippen LogP contribution in [0, 0.1) is 0 Å². The quantitative estimate of drug-likeness (QED) is 0.750. The maximum absolute atomic E-state index is 10.9. The summed E-state index contributed by atoms with van der Waals surface area (Å²) in [5.74, 6) is 0.197. The van der Waals surface area contributed by atoms with Crippen molar-refractivity contribution < 1.29 is 9.21 Å². The number of hydrogen-bond acceptors (Lipinski definition) is 4. The molecule has 68 valence electrons. The van der Waals surface area contributed by atoms with Gasteiger partial charge in [0.2, 0.25) is 0 Å². The van der Waals surface area contributed by atoms with Gasteiger partial charge < -0.3 is 9.73 Å². The molecule has 4 heteroatoms. The fourth-order valence-electron chi connectivity index (χ4n) is 1.26. The molecule has 0 spiro atoms. The molecule has 0 fully saturated rings. The monoisotopic (exact) mass is 178 g/mol. The van der Waals surface area contributed by atoms with Crippen molar-refractivity contribution in [2.75, 3.05) is 0 Å². The molecule has 0 aliphatic heterocycles. The molecule has 2 rings (SSSR count). The summed E-state index contributed by atoms with van der Waals surface area (Å²) < 4.78 is 4.81. The number of ketones is 1. The van der Waals surface area contributed by atoms with Crippen molar-refractivity contribution in [2.24, 2.45) is 0 Å². The highest BCUT2D eigenvalue weighted by Crippen LogP contribution is 2.12. The van der Waals surface area contributed by atoms with E-state index in [0.29, 0.717) is 13.0 Å². The van der Waals surface area contributed by atoms with Crippen LogP contribution in [0.4, 0.5) is 0 Å². The van der Waals surface area contributed by atoms with Gasteiger partial charge >= 0.3 is 0 Å². The minimum absolute atomic E-state index is 0.197. The number of nitrogens with zero attached hydrogens (tertiary/aromatic N) is 1. The Morgan fingerprint density at radius 1 is 1.54 bits per heavy atom. The molecule has 13 heavy (non-hydrogen) atoms. The zero-order chi connectivity index (χ0) is 9.10. The third kappa shape index (κ3) is 1.96. The van der Waals surface area contributed by atoms with Gasteiger partial charge in [0, 0.05) is 18.2 Å². The Labute approximate surface area is 75.7 Å². The van der Waals surface area contributed by atoms with Crippen LogP contribution in [0.15, 0.2) is 28.8 Å². The van der Waals surface area contributed by atoms with E-state index in [1.165, 1.54) is 6.39 Å². The van der Waals surface area contributed by atoms with Crippen LogP contribution in [0.5, 0.6) is 0 Å². The summed E-state index contributed by atoms with van der Waals surface area (Å²) in [6, 6.07) is 0. The minimum Gasteiger partial charge on any atom is -0.451 e. The first kappa shape index (κ1) is 8.04. The zero-order valence-corrected chi connectivity index (χ0v) is 7.12. The Hall–Kier alpha value is -1.58. The molecule has 0 saturated carbocycles. The summed E-state index contributed by atoms with van der Waals surface area (Å²) in [5.41, 5.74) is 1.84. The van der Waals surface area contributed by atoms with E-state index >= 15 is 0 Å². The Morgan fingerprint density at radius 3 is 3.08 bits per heavy atom. The molecule has 0 saturated heterocycles. The fraction of sp³-hybridized carbons (Fsp3) is 0.333. The van der Waals surface area contributed by atoms with Crippen LogP contribution in [0.3, 0.4) is 0 Å². The van der Waals surface area contributed by atoms with Gasteiger partial charge in [0.1, 0.15) is 6.26 Å². The van der Waals surface area contributed by atoms with Gasteiger partial charge in [0.25, 0.3) is 0 Å². The van der Waals surface area contributed by atoms with E-state index in [1.54, 1.807) is 12.3 Å². The smallest absolute Gasteiger partial charge is 0.180 e. The molecule has 1 heterocycles. The summed E-state index contributed by atoms with van der Waals surface area (Å²) in [4.78, 5) is 14.8. The van der Waals surface area contributed by atoms with Crippen molar-refractivity contribution in [1.82, 2.24) is 10.3 Å². The summed E-state index contributed by atoms with van der Waals surface area (Å²) in [6.45, 7) is 0.621. The van der Waals surface area contributed by atoms with Gasteiger partial charge in [-0.25, -0.2) is 4.98 Å². The second-order valence-electron chi connectivity index (χ2n) is 2.97. The van der Waals surface area contributed by atoms with Gasteiger partial charge in [0.15, 0.2) is 12.2 Å². The van der Waals surface area contributed by atoms with Gasteiger partial charge in [-0.2, -0.15) is 0 Å². The number of allylic oxidation sites excluding steroid dienone is 2. The van der Waals surface area contributed by atoms with E-state index < -0.39 is 0 Å². The molecule has 1 aliphatic carbocycles. The number of oxazole rings is 1. The minimum atomic E-state index is 0.197. The van der Waals surface area contributed by atoms with Gasteiger partial charge in [-0.1, -0.05) is 0 Å². The van der Waals surface area contributed by atoms with Crippen LogP contribution < -0.4 is 5.32 Å². The third-order valence-corrected chi connectivity index (χ3v) is 1.96. The number of carbonyl (C=O) groups is 1. The largest absolute Gasteiger partial charge is 0.451 e. The number of carbonyl (C=O) groups excluding carboxylic acids is 1. The van der Waals surface area contributed by atoms with Crippen molar-refractivity contribution >= 4 is 5.78 Å². The normalized spacial score (nSPS) is 16.0. The highest BCUT2D eigenvalue weighted by atomic mass is 16.3. The lowest BCUT2D eigenvalue weighted by molar-refractivity contribution is -0.114. The lowest BCUT2D eigenvalue weighted by Gasteiger charge is -2.02. The van der Waals surface area contributed by atoms with Crippen LogP contribution in [-0.4, -0.2) is 10.8 Å². The van der Waals surface area contributed by atoms with Crippen LogP contribution in [0.2, 0.25) is 0 Å². The van der Waals surface area contributed by atoms with Gasteiger partial charge in [-0.3, -0.25) is 4.79 Å².